The largest absolute Gasteiger partial charge is 0.370 e. The zero-order chi connectivity index (χ0) is 14.7. The molecule has 0 saturated heterocycles. The Kier molecular flexibility index (Phi) is 4.42. The lowest BCUT2D eigenvalue weighted by atomic mass is 10.3. The Bertz CT molecular complexity index is 707. The van der Waals surface area contributed by atoms with Gasteiger partial charge in [0.05, 0.1) is 23.1 Å². The molecule has 0 aliphatic heterocycles. The van der Waals surface area contributed by atoms with Crippen LogP contribution in [0.15, 0.2) is 22.3 Å². The van der Waals surface area contributed by atoms with E-state index in [1.807, 2.05) is 5.51 Å². The topological polar surface area (TPSA) is 53.9 Å². The number of hydrogen-bond acceptors (Lipinski definition) is 7. The molecule has 110 valence electrons. The van der Waals surface area contributed by atoms with E-state index in [0.717, 1.165) is 40.6 Å². The van der Waals surface area contributed by atoms with Crippen molar-refractivity contribution in [3.8, 4) is 0 Å². The fraction of sp³-hybridized carbons (Fsp3) is 0.357. The summed E-state index contributed by atoms with van der Waals surface area (Å²) in [5.41, 5.74) is 2.95. The van der Waals surface area contributed by atoms with Crippen molar-refractivity contribution in [2.24, 2.45) is 0 Å². The molecule has 0 aromatic carbocycles. The maximum absolute atomic E-state index is 4.66. The van der Waals surface area contributed by atoms with Gasteiger partial charge in [-0.3, -0.25) is 4.90 Å². The summed E-state index contributed by atoms with van der Waals surface area (Å²) in [4.78, 5) is 16.8. The van der Waals surface area contributed by atoms with Crippen LogP contribution >= 0.6 is 22.7 Å². The first-order valence-corrected chi connectivity index (χ1v) is 8.62. The second kappa shape index (κ2) is 6.46. The maximum Gasteiger partial charge on any atom is 0.146 e. The third kappa shape index (κ3) is 3.37. The number of nitrogens with one attached hydrogen (secondary N) is 1. The minimum atomic E-state index is 0.712. The van der Waals surface area contributed by atoms with Crippen LogP contribution in [0, 0.1) is 0 Å². The van der Waals surface area contributed by atoms with Crippen LogP contribution in [0.1, 0.15) is 18.4 Å². The van der Waals surface area contributed by atoms with Gasteiger partial charge in [0, 0.05) is 18.5 Å². The van der Waals surface area contributed by atoms with Crippen molar-refractivity contribution in [1.29, 1.82) is 0 Å². The average Bonchev–Trinajstić information content (AvgIpc) is 3.09. The molecular formula is C14H17N5S2. The van der Waals surface area contributed by atoms with Crippen molar-refractivity contribution in [2.75, 3.05) is 18.9 Å². The van der Waals surface area contributed by atoms with Gasteiger partial charge in [0.25, 0.3) is 0 Å². The molecule has 0 aliphatic rings. The van der Waals surface area contributed by atoms with Gasteiger partial charge < -0.3 is 5.32 Å². The Morgan fingerprint density at radius 2 is 2.19 bits per heavy atom. The molecule has 7 heteroatoms. The SMILES string of the molecule is CCNc1nc(CN(C)Cc2cscn2)nc2sccc12. The molecule has 0 saturated carbocycles. The number of nitrogens with zero attached hydrogens (tertiary/aromatic N) is 4. The zero-order valence-corrected chi connectivity index (χ0v) is 13.7. The summed E-state index contributed by atoms with van der Waals surface area (Å²) in [5, 5.41) is 8.56. The number of fused-ring (bicyclic) bond motifs is 1. The predicted molar refractivity (Wildman–Crippen MR) is 88.9 cm³/mol. The quantitative estimate of drug-likeness (QED) is 0.756. The van der Waals surface area contributed by atoms with Crippen LogP contribution in [0.5, 0.6) is 0 Å². The zero-order valence-electron chi connectivity index (χ0n) is 12.0. The summed E-state index contributed by atoms with van der Waals surface area (Å²) in [6.45, 7) is 4.46. The van der Waals surface area contributed by atoms with Gasteiger partial charge >= 0.3 is 0 Å². The number of anilines is 1. The molecule has 21 heavy (non-hydrogen) atoms. The van der Waals surface area contributed by atoms with E-state index in [9.17, 15) is 0 Å². The van der Waals surface area contributed by atoms with E-state index in [1.165, 1.54) is 0 Å². The average molecular weight is 319 g/mol. The molecule has 0 amide bonds. The van der Waals surface area contributed by atoms with Crippen LogP contribution in [-0.4, -0.2) is 33.4 Å². The van der Waals surface area contributed by atoms with E-state index < -0.39 is 0 Å². The Balaban J connectivity index is 1.79. The van der Waals surface area contributed by atoms with E-state index in [4.69, 9.17) is 0 Å². The van der Waals surface area contributed by atoms with Gasteiger partial charge in [-0.15, -0.1) is 22.7 Å². The highest BCUT2D eigenvalue weighted by molar-refractivity contribution is 7.16. The lowest BCUT2D eigenvalue weighted by molar-refractivity contribution is 0.308. The maximum atomic E-state index is 4.66. The normalized spacial score (nSPS) is 11.4. The summed E-state index contributed by atoms with van der Waals surface area (Å²) in [6.07, 6.45) is 0. The van der Waals surface area contributed by atoms with Gasteiger partial charge in [-0.05, 0) is 25.4 Å². The minimum absolute atomic E-state index is 0.712. The fourth-order valence-electron chi connectivity index (χ4n) is 2.16. The third-order valence-electron chi connectivity index (χ3n) is 3.04. The molecule has 5 nitrogen and oxygen atoms in total. The summed E-state index contributed by atoms with van der Waals surface area (Å²) in [5.74, 6) is 1.78. The van der Waals surface area contributed by atoms with Crippen LogP contribution in [0.3, 0.4) is 0 Å². The minimum Gasteiger partial charge on any atom is -0.370 e. The highest BCUT2D eigenvalue weighted by Gasteiger charge is 2.11. The molecule has 0 bridgehead atoms. The molecule has 0 aliphatic carbocycles. The predicted octanol–water partition coefficient (Wildman–Crippen LogP) is 3.21. The summed E-state index contributed by atoms with van der Waals surface area (Å²) in [7, 11) is 2.06. The number of aromatic nitrogens is 3. The van der Waals surface area contributed by atoms with E-state index in [-0.39, 0.29) is 0 Å². The van der Waals surface area contributed by atoms with E-state index in [0.29, 0.717) is 6.54 Å². The number of rotatable bonds is 6. The molecule has 0 fully saturated rings. The summed E-state index contributed by atoms with van der Waals surface area (Å²) >= 11 is 3.28. The second-order valence-electron chi connectivity index (χ2n) is 4.81. The van der Waals surface area contributed by atoms with Crippen LogP contribution in [0.2, 0.25) is 0 Å². The van der Waals surface area contributed by atoms with Crippen molar-refractivity contribution < 1.29 is 0 Å². The first-order chi connectivity index (χ1) is 10.3. The first kappa shape index (κ1) is 14.4. The monoisotopic (exact) mass is 319 g/mol. The Hall–Kier alpha value is -1.57. The molecule has 0 spiro atoms. The van der Waals surface area contributed by atoms with Crippen molar-refractivity contribution in [3.05, 3.63) is 33.9 Å². The van der Waals surface area contributed by atoms with Crippen molar-refractivity contribution in [1.82, 2.24) is 19.9 Å². The van der Waals surface area contributed by atoms with Crippen LogP contribution in [0.25, 0.3) is 10.2 Å². The lowest BCUT2D eigenvalue weighted by Gasteiger charge is -2.15. The lowest BCUT2D eigenvalue weighted by Crippen LogP contribution is -2.19. The number of thiazole rings is 1. The molecular weight excluding hydrogens is 302 g/mol. The van der Waals surface area contributed by atoms with Crippen molar-refractivity contribution >= 4 is 38.7 Å². The van der Waals surface area contributed by atoms with Gasteiger partial charge in [-0.2, -0.15) is 0 Å². The van der Waals surface area contributed by atoms with Gasteiger partial charge in [0.15, 0.2) is 0 Å². The van der Waals surface area contributed by atoms with Crippen LogP contribution in [0.4, 0.5) is 5.82 Å². The van der Waals surface area contributed by atoms with Crippen LogP contribution in [-0.2, 0) is 13.1 Å². The molecule has 0 unspecified atom stereocenters. The van der Waals surface area contributed by atoms with Crippen molar-refractivity contribution in [2.45, 2.75) is 20.0 Å². The molecule has 1 N–H and O–H groups in total. The Morgan fingerprint density at radius 3 is 2.95 bits per heavy atom. The van der Waals surface area contributed by atoms with E-state index >= 15 is 0 Å². The Morgan fingerprint density at radius 1 is 1.29 bits per heavy atom. The molecule has 0 atom stereocenters. The van der Waals surface area contributed by atoms with Crippen molar-refractivity contribution in [3.63, 3.8) is 0 Å². The first-order valence-electron chi connectivity index (χ1n) is 6.80. The molecule has 3 aromatic heterocycles. The van der Waals surface area contributed by atoms with E-state index in [2.05, 4.69) is 56.0 Å². The van der Waals surface area contributed by atoms with Crippen LogP contribution < -0.4 is 5.32 Å². The molecule has 3 heterocycles. The smallest absolute Gasteiger partial charge is 0.146 e. The van der Waals surface area contributed by atoms with Gasteiger partial charge in [0.2, 0.25) is 0 Å². The Labute approximate surface area is 131 Å². The third-order valence-corrected chi connectivity index (χ3v) is 4.48. The molecule has 3 aromatic rings. The van der Waals surface area contributed by atoms with Gasteiger partial charge in [-0.25, -0.2) is 15.0 Å². The number of thiophene rings is 1. The summed E-state index contributed by atoms with van der Waals surface area (Å²) in [6, 6.07) is 2.07. The standard InChI is InChI=1S/C14H17N5S2/c1-3-15-13-11-4-5-21-14(11)18-12(17-13)7-19(2)6-10-8-20-9-16-10/h4-5,8-9H,3,6-7H2,1-2H3,(H,15,17,18). The summed E-state index contributed by atoms with van der Waals surface area (Å²) < 4.78 is 0. The van der Waals surface area contributed by atoms with E-state index in [1.54, 1.807) is 22.7 Å². The fourth-order valence-corrected chi connectivity index (χ4v) is 3.49. The number of hydrogen-bond donors (Lipinski definition) is 1. The highest BCUT2D eigenvalue weighted by Crippen LogP contribution is 2.25. The highest BCUT2D eigenvalue weighted by atomic mass is 32.1. The van der Waals surface area contributed by atoms with Gasteiger partial charge in [-0.1, -0.05) is 0 Å². The van der Waals surface area contributed by atoms with Gasteiger partial charge in [0.1, 0.15) is 16.5 Å². The molecule has 3 rings (SSSR count). The second-order valence-corrected chi connectivity index (χ2v) is 6.42. The molecule has 0 radical (unpaired) electrons.